The Bertz CT molecular complexity index is 2210. The number of aromatic carboxylic acids is 1. The molecule has 2 heterocycles. The van der Waals surface area contributed by atoms with Crippen LogP contribution in [0, 0.1) is 10.8 Å². The van der Waals surface area contributed by atoms with Crippen molar-refractivity contribution in [2.45, 2.75) is 58.0 Å². The summed E-state index contributed by atoms with van der Waals surface area (Å²) in [6.45, 7) is 12.8. The zero-order valence-electron chi connectivity index (χ0n) is 30.0. The van der Waals surface area contributed by atoms with Gasteiger partial charge in [0.1, 0.15) is 5.75 Å². The second-order valence-electron chi connectivity index (χ2n) is 16.7. The highest BCUT2D eigenvalue weighted by Gasteiger charge is 2.55. The fourth-order valence-electron chi connectivity index (χ4n) is 10.7. The minimum atomic E-state index is -0.888. The van der Waals surface area contributed by atoms with Crippen LogP contribution in [0.15, 0.2) is 103 Å². The van der Waals surface area contributed by atoms with Crippen LogP contribution in [0.3, 0.4) is 0 Å². The van der Waals surface area contributed by atoms with Crippen LogP contribution >= 0.6 is 0 Å². The van der Waals surface area contributed by atoms with Gasteiger partial charge in [0.05, 0.1) is 18.8 Å². The van der Waals surface area contributed by atoms with Gasteiger partial charge < -0.3 is 19.5 Å². The van der Waals surface area contributed by atoms with Gasteiger partial charge in [0.15, 0.2) is 5.60 Å². The number of carboxylic acids is 1. The molecule has 1 saturated heterocycles. The lowest BCUT2D eigenvalue weighted by Gasteiger charge is -2.52. The van der Waals surface area contributed by atoms with E-state index in [0.29, 0.717) is 5.56 Å². The smallest absolute Gasteiger partial charge is 0.335 e. The van der Waals surface area contributed by atoms with Gasteiger partial charge in [-0.2, -0.15) is 0 Å². The number of hydrogen-bond acceptors (Lipinski definition) is 4. The zero-order valence-corrected chi connectivity index (χ0v) is 30.0. The normalized spacial score (nSPS) is 22.2. The van der Waals surface area contributed by atoms with Crippen LogP contribution < -0.4 is 9.64 Å². The van der Waals surface area contributed by atoms with Crippen LogP contribution in [0.5, 0.6) is 5.75 Å². The molecule has 1 unspecified atom stereocenters. The van der Waals surface area contributed by atoms with E-state index < -0.39 is 11.6 Å². The number of benzene rings is 5. The maximum absolute atomic E-state index is 12.5. The Morgan fingerprint density at radius 1 is 0.745 bits per heavy atom. The maximum atomic E-state index is 12.5. The van der Waals surface area contributed by atoms with Crippen LogP contribution in [0.4, 0.5) is 5.69 Å². The highest BCUT2D eigenvalue weighted by atomic mass is 16.5. The van der Waals surface area contributed by atoms with Crippen molar-refractivity contribution in [3.8, 4) is 16.9 Å². The molecule has 0 aromatic heterocycles. The number of anilines is 1. The molecule has 5 heteroatoms. The van der Waals surface area contributed by atoms with E-state index in [2.05, 4.69) is 130 Å². The molecule has 0 radical (unpaired) electrons. The predicted octanol–water partition coefficient (Wildman–Crippen LogP) is 10.2. The summed E-state index contributed by atoms with van der Waals surface area (Å²) in [5, 5.41) is 12.4. The second-order valence-corrected chi connectivity index (χ2v) is 16.7. The molecule has 1 saturated carbocycles. The Kier molecular flexibility index (Phi) is 7.11. The Labute approximate surface area is 300 Å². The van der Waals surface area contributed by atoms with Crippen LogP contribution in [-0.4, -0.2) is 37.4 Å². The van der Waals surface area contributed by atoms with Gasteiger partial charge >= 0.3 is 5.97 Å². The van der Waals surface area contributed by atoms with Crippen LogP contribution in [0.25, 0.3) is 28.0 Å². The van der Waals surface area contributed by atoms with Crippen molar-refractivity contribution in [1.29, 1.82) is 0 Å². The van der Waals surface area contributed by atoms with E-state index in [0.717, 1.165) is 89.9 Å². The average molecular weight is 676 g/mol. The molecule has 51 heavy (non-hydrogen) atoms. The lowest BCUT2D eigenvalue weighted by atomic mass is 9.52. The summed E-state index contributed by atoms with van der Waals surface area (Å²) < 4.78 is 13.2. The molecule has 0 bridgehead atoms. The van der Waals surface area contributed by atoms with E-state index in [1.54, 1.807) is 6.07 Å². The monoisotopic (exact) mass is 675 g/mol. The molecule has 2 aliphatic heterocycles. The summed E-state index contributed by atoms with van der Waals surface area (Å²) in [5.41, 5.74) is 8.43. The number of morpholine rings is 1. The molecule has 1 spiro atoms. The summed E-state index contributed by atoms with van der Waals surface area (Å²) in [6.07, 6.45) is 7.55. The standard InChI is InChI=1S/C46H45NO4/c1-43(2)27-44(3,4)29-45(28-43)38-26-30(42(48)49)14-19-36(38)39-34-12-8-9-13-35(34)41-37(40(39)45)20-21-46(51-41,31-10-6-5-7-11-31)32-15-17-33(18-16-32)47-22-24-50-25-23-47/h5-21,26H,22-25,27-29H2,1-4H3,(H,48,49). The van der Waals surface area contributed by atoms with Crippen LogP contribution in [-0.2, 0) is 15.8 Å². The third-order valence-electron chi connectivity index (χ3n) is 11.9. The first-order valence-electron chi connectivity index (χ1n) is 18.3. The van der Waals surface area contributed by atoms with Crippen molar-refractivity contribution < 1.29 is 19.4 Å². The number of fused-ring (bicyclic) bond motifs is 10. The molecule has 2 aliphatic carbocycles. The Morgan fingerprint density at radius 3 is 2.08 bits per heavy atom. The summed E-state index contributed by atoms with van der Waals surface area (Å²) >= 11 is 0. The fraction of sp³-hybridized carbons (Fsp3) is 0.326. The minimum Gasteiger partial charge on any atom is -0.478 e. The van der Waals surface area contributed by atoms with Gasteiger partial charge in [-0.1, -0.05) is 107 Å². The molecule has 4 aliphatic rings. The Morgan fingerprint density at radius 2 is 1.39 bits per heavy atom. The van der Waals surface area contributed by atoms with Gasteiger partial charge in [0.2, 0.25) is 0 Å². The van der Waals surface area contributed by atoms with Crippen LogP contribution in [0.1, 0.15) is 85.1 Å². The van der Waals surface area contributed by atoms with Gasteiger partial charge in [-0.05, 0) is 88.1 Å². The van der Waals surface area contributed by atoms with E-state index in [4.69, 9.17) is 9.47 Å². The maximum Gasteiger partial charge on any atom is 0.335 e. The Balaban J connectivity index is 1.31. The highest BCUT2D eigenvalue weighted by molar-refractivity contribution is 6.09. The van der Waals surface area contributed by atoms with E-state index in [-0.39, 0.29) is 16.2 Å². The molecule has 9 rings (SSSR count). The number of hydrogen-bond donors (Lipinski definition) is 1. The third-order valence-corrected chi connectivity index (χ3v) is 11.9. The first-order chi connectivity index (χ1) is 24.5. The molecular formula is C46H45NO4. The minimum absolute atomic E-state index is 0.0354. The zero-order chi connectivity index (χ0) is 35.2. The van der Waals surface area contributed by atoms with Gasteiger partial charge in [-0.25, -0.2) is 4.79 Å². The number of ether oxygens (including phenoxy) is 2. The predicted molar refractivity (Wildman–Crippen MR) is 205 cm³/mol. The van der Waals surface area contributed by atoms with Gasteiger partial charge in [0.25, 0.3) is 0 Å². The molecule has 5 aromatic carbocycles. The van der Waals surface area contributed by atoms with E-state index >= 15 is 0 Å². The largest absolute Gasteiger partial charge is 0.478 e. The van der Waals surface area contributed by atoms with Crippen LogP contribution in [0.2, 0.25) is 0 Å². The number of carbonyl (C=O) groups is 1. The number of nitrogens with zero attached hydrogens (tertiary/aromatic N) is 1. The summed E-state index contributed by atoms with van der Waals surface area (Å²) in [4.78, 5) is 14.8. The molecular weight excluding hydrogens is 631 g/mol. The van der Waals surface area contributed by atoms with E-state index in [1.807, 2.05) is 6.07 Å². The Hall–Kier alpha value is -4.87. The molecule has 5 aromatic rings. The van der Waals surface area contributed by atoms with Crippen molar-refractivity contribution in [2.75, 3.05) is 31.2 Å². The van der Waals surface area contributed by atoms with Gasteiger partial charge in [-0.15, -0.1) is 0 Å². The van der Waals surface area contributed by atoms with Crippen molar-refractivity contribution in [1.82, 2.24) is 0 Å². The molecule has 0 amide bonds. The lowest BCUT2D eigenvalue weighted by Crippen LogP contribution is -2.44. The van der Waals surface area contributed by atoms with Crippen molar-refractivity contribution in [2.24, 2.45) is 10.8 Å². The first kappa shape index (κ1) is 32.1. The highest BCUT2D eigenvalue weighted by Crippen LogP contribution is 2.67. The average Bonchev–Trinajstić information content (AvgIpc) is 3.39. The first-order valence-corrected chi connectivity index (χ1v) is 18.3. The van der Waals surface area contributed by atoms with E-state index in [1.165, 1.54) is 16.8 Å². The summed E-state index contributed by atoms with van der Waals surface area (Å²) in [6, 6.07) is 33.9. The van der Waals surface area contributed by atoms with Crippen molar-refractivity contribution in [3.05, 3.63) is 137 Å². The molecule has 2 fully saturated rings. The molecule has 1 atom stereocenters. The van der Waals surface area contributed by atoms with Crippen molar-refractivity contribution >= 4 is 28.5 Å². The number of rotatable bonds is 4. The van der Waals surface area contributed by atoms with E-state index in [9.17, 15) is 9.90 Å². The van der Waals surface area contributed by atoms with Crippen molar-refractivity contribution in [3.63, 3.8) is 0 Å². The van der Waals surface area contributed by atoms with Gasteiger partial charge in [0, 0.05) is 46.3 Å². The van der Waals surface area contributed by atoms with Gasteiger partial charge in [-0.3, -0.25) is 0 Å². The molecule has 258 valence electrons. The SMILES string of the molecule is CC1(C)CC(C)(C)CC2(C1)c1cc(C(=O)O)ccc1-c1c2c2c(c3ccccc13)OC(c1ccccc1)(c1ccc(N3CCOCC3)cc1)C=C2. The summed E-state index contributed by atoms with van der Waals surface area (Å²) in [7, 11) is 0. The molecule has 5 nitrogen and oxygen atoms in total. The number of carboxylic acid groups (broad SMARTS) is 1. The fourth-order valence-corrected chi connectivity index (χ4v) is 10.7. The topological polar surface area (TPSA) is 59.0 Å². The third kappa shape index (κ3) is 4.96. The second kappa shape index (κ2) is 11.3. The summed E-state index contributed by atoms with van der Waals surface area (Å²) in [5.74, 6) is 0.000388. The quantitative estimate of drug-likeness (QED) is 0.206. The molecule has 1 N–H and O–H groups in total. The lowest BCUT2D eigenvalue weighted by molar-refractivity contribution is 0.0640.